The maximum atomic E-state index is 6.12. The Bertz CT molecular complexity index is 351. The van der Waals surface area contributed by atoms with E-state index >= 15 is 0 Å². The number of nitrogens with two attached hydrogens (primary N) is 1. The van der Waals surface area contributed by atoms with Crippen LogP contribution in [0, 0.1) is 0 Å². The van der Waals surface area contributed by atoms with Crippen molar-refractivity contribution in [2.75, 3.05) is 25.4 Å². The van der Waals surface area contributed by atoms with Crippen LogP contribution in [0.2, 0.25) is 0 Å². The fourth-order valence-electron chi connectivity index (χ4n) is 3.21. The van der Waals surface area contributed by atoms with Crippen LogP contribution < -0.4 is 5.73 Å². The lowest BCUT2D eigenvalue weighted by Crippen LogP contribution is -2.50. The summed E-state index contributed by atoms with van der Waals surface area (Å²) < 4.78 is 0. The average Bonchev–Trinajstić information content (AvgIpc) is 2.32. The maximum absolute atomic E-state index is 6.12. The zero-order chi connectivity index (χ0) is 10.3. The molecular formula is C13H18N2. The molecule has 3 saturated heterocycles. The maximum Gasteiger partial charge on any atom is 0.0352 e. The van der Waals surface area contributed by atoms with E-state index in [0.29, 0.717) is 5.41 Å². The van der Waals surface area contributed by atoms with Crippen LogP contribution in [0.1, 0.15) is 24.8 Å². The molecule has 0 spiro atoms. The molecule has 3 aliphatic heterocycles. The van der Waals surface area contributed by atoms with Crippen molar-refractivity contribution < 1.29 is 0 Å². The molecule has 3 heterocycles. The first-order chi connectivity index (χ1) is 7.30. The molecule has 0 saturated carbocycles. The van der Waals surface area contributed by atoms with E-state index in [1.54, 1.807) is 0 Å². The number of para-hydroxylation sites is 1. The van der Waals surface area contributed by atoms with Crippen molar-refractivity contribution in [2.24, 2.45) is 0 Å². The van der Waals surface area contributed by atoms with Crippen molar-refractivity contribution in [1.29, 1.82) is 0 Å². The Labute approximate surface area is 91.1 Å². The monoisotopic (exact) mass is 202 g/mol. The van der Waals surface area contributed by atoms with Crippen LogP contribution in [0.25, 0.3) is 0 Å². The summed E-state index contributed by atoms with van der Waals surface area (Å²) in [5.74, 6) is 0. The molecule has 15 heavy (non-hydrogen) atoms. The highest BCUT2D eigenvalue weighted by Crippen LogP contribution is 2.44. The lowest BCUT2D eigenvalue weighted by Gasteiger charge is -2.49. The smallest absolute Gasteiger partial charge is 0.0352 e. The van der Waals surface area contributed by atoms with Gasteiger partial charge < -0.3 is 10.6 Å². The number of fused-ring (bicyclic) bond motifs is 3. The standard InChI is InChI=1S/C13H18N2/c14-12-4-2-1-3-11(12)13-5-8-15(9-6-13)10-7-13/h1-4H,5-10,14H2. The van der Waals surface area contributed by atoms with Crippen LogP contribution in [0.15, 0.2) is 24.3 Å². The number of hydrogen-bond donors (Lipinski definition) is 1. The predicted octanol–water partition coefficient (Wildman–Crippen LogP) is 2.01. The number of nitrogens with zero attached hydrogens (tertiary/aromatic N) is 1. The summed E-state index contributed by atoms with van der Waals surface area (Å²) in [7, 11) is 0. The van der Waals surface area contributed by atoms with Gasteiger partial charge in [0.1, 0.15) is 0 Å². The molecule has 3 aliphatic rings. The third-order valence-electron chi connectivity index (χ3n) is 4.25. The normalized spacial score (nSPS) is 34.3. The van der Waals surface area contributed by atoms with Gasteiger partial charge in [-0.2, -0.15) is 0 Å². The second-order valence-corrected chi connectivity index (χ2v) is 4.96. The third kappa shape index (κ3) is 1.36. The van der Waals surface area contributed by atoms with Crippen LogP contribution in [0.4, 0.5) is 5.69 Å². The summed E-state index contributed by atoms with van der Waals surface area (Å²) in [5.41, 5.74) is 8.92. The lowest BCUT2D eigenvalue weighted by atomic mass is 9.67. The zero-order valence-corrected chi connectivity index (χ0v) is 9.08. The van der Waals surface area contributed by atoms with Gasteiger partial charge >= 0.3 is 0 Å². The Balaban J connectivity index is 2.01. The van der Waals surface area contributed by atoms with Crippen LogP contribution in [0.5, 0.6) is 0 Å². The van der Waals surface area contributed by atoms with Gasteiger partial charge in [0.2, 0.25) is 0 Å². The van der Waals surface area contributed by atoms with Gasteiger partial charge in [-0.1, -0.05) is 18.2 Å². The Kier molecular flexibility index (Phi) is 1.99. The molecule has 2 bridgehead atoms. The van der Waals surface area contributed by atoms with Gasteiger partial charge in [-0.05, 0) is 50.5 Å². The highest BCUT2D eigenvalue weighted by Gasteiger charge is 2.41. The minimum Gasteiger partial charge on any atom is -0.398 e. The molecule has 0 atom stereocenters. The van der Waals surface area contributed by atoms with Crippen LogP contribution >= 0.6 is 0 Å². The lowest BCUT2D eigenvalue weighted by molar-refractivity contribution is 0.0822. The van der Waals surface area contributed by atoms with E-state index in [4.69, 9.17) is 5.73 Å². The second-order valence-electron chi connectivity index (χ2n) is 4.96. The third-order valence-corrected chi connectivity index (χ3v) is 4.25. The highest BCUT2D eigenvalue weighted by molar-refractivity contribution is 5.51. The Hall–Kier alpha value is -1.02. The fourth-order valence-corrected chi connectivity index (χ4v) is 3.21. The van der Waals surface area contributed by atoms with Crippen molar-refractivity contribution >= 4 is 5.69 Å². The number of rotatable bonds is 1. The Morgan fingerprint density at radius 1 is 1.00 bits per heavy atom. The van der Waals surface area contributed by atoms with E-state index in [-0.39, 0.29) is 0 Å². The molecule has 80 valence electrons. The van der Waals surface area contributed by atoms with E-state index in [1.807, 2.05) is 12.1 Å². The number of benzene rings is 1. The van der Waals surface area contributed by atoms with Crippen molar-refractivity contribution in [2.45, 2.75) is 24.7 Å². The van der Waals surface area contributed by atoms with Gasteiger partial charge in [0.25, 0.3) is 0 Å². The molecule has 0 radical (unpaired) electrons. The van der Waals surface area contributed by atoms with Gasteiger partial charge in [-0.3, -0.25) is 0 Å². The molecule has 1 aromatic rings. The van der Waals surface area contributed by atoms with E-state index in [2.05, 4.69) is 17.0 Å². The first-order valence-electron chi connectivity index (χ1n) is 5.88. The van der Waals surface area contributed by atoms with Gasteiger partial charge in [0.05, 0.1) is 0 Å². The van der Waals surface area contributed by atoms with Gasteiger partial charge in [0, 0.05) is 11.1 Å². The average molecular weight is 202 g/mol. The summed E-state index contributed by atoms with van der Waals surface area (Å²) in [6.45, 7) is 3.77. The van der Waals surface area contributed by atoms with Crippen LogP contribution in [-0.4, -0.2) is 24.5 Å². The molecule has 3 fully saturated rings. The molecule has 0 unspecified atom stereocenters. The number of hydrogen-bond acceptors (Lipinski definition) is 2. The van der Waals surface area contributed by atoms with E-state index in [9.17, 15) is 0 Å². The summed E-state index contributed by atoms with van der Waals surface area (Å²) in [6.07, 6.45) is 3.88. The van der Waals surface area contributed by atoms with Crippen LogP contribution in [-0.2, 0) is 5.41 Å². The van der Waals surface area contributed by atoms with Crippen molar-refractivity contribution in [3.05, 3.63) is 29.8 Å². The summed E-state index contributed by atoms with van der Waals surface area (Å²) in [5, 5.41) is 0. The van der Waals surface area contributed by atoms with Gasteiger partial charge in [-0.15, -0.1) is 0 Å². The minimum atomic E-state index is 0.403. The summed E-state index contributed by atoms with van der Waals surface area (Å²) in [4.78, 5) is 2.57. The first kappa shape index (κ1) is 9.22. The van der Waals surface area contributed by atoms with Crippen molar-refractivity contribution in [3.63, 3.8) is 0 Å². The molecule has 2 nitrogen and oxygen atoms in total. The predicted molar refractivity (Wildman–Crippen MR) is 62.8 cm³/mol. The first-order valence-corrected chi connectivity index (χ1v) is 5.88. The molecule has 2 heteroatoms. The van der Waals surface area contributed by atoms with Crippen molar-refractivity contribution in [3.8, 4) is 0 Å². The quantitative estimate of drug-likeness (QED) is 0.706. The highest BCUT2D eigenvalue weighted by atomic mass is 15.1. The summed E-state index contributed by atoms with van der Waals surface area (Å²) in [6, 6.07) is 8.44. The molecule has 2 N–H and O–H groups in total. The Morgan fingerprint density at radius 3 is 2.20 bits per heavy atom. The molecule has 4 rings (SSSR count). The van der Waals surface area contributed by atoms with E-state index in [0.717, 1.165) is 5.69 Å². The summed E-state index contributed by atoms with van der Waals surface area (Å²) >= 11 is 0. The van der Waals surface area contributed by atoms with Gasteiger partial charge in [0.15, 0.2) is 0 Å². The Morgan fingerprint density at radius 2 is 1.60 bits per heavy atom. The number of nitrogen functional groups attached to an aromatic ring is 1. The van der Waals surface area contributed by atoms with E-state index < -0.39 is 0 Å². The SMILES string of the molecule is Nc1ccccc1C12CCN(CC1)CC2. The molecular weight excluding hydrogens is 184 g/mol. The molecule has 0 aliphatic carbocycles. The fraction of sp³-hybridized carbons (Fsp3) is 0.538. The largest absolute Gasteiger partial charge is 0.398 e. The molecule has 0 amide bonds. The second kappa shape index (κ2) is 3.24. The van der Waals surface area contributed by atoms with Crippen molar-refractivity contribution in [1.82, 2.24) is 4.90 Å². The van der Waals surface area contributed by atoms with E-state index in [1.165, 1.54) is 44.5 Å². The topological polar surface area (TPSA) is 29.3 Å². The number of anilines is 1. The molecule has 0 aromatic heterocycles. The minimum absolute atomic E-state index is 0.403. The molecule has 1 aromatic carbocycles. The van der Waals surface area contributed by atoms with Gasteiger partial charge in [-0.25, -0.2) is 0 Å². The number of piperidine rings is 3. The van der Waals surface area contributed by atoms with Crippen LogP contribution in [0.3, 0.4) is 0 Å². The zero-order valence-electron chi connectivity index (χ0n) is 9.08.